The molecule has 0 saturated carbocycles. The number of halogens is 3. The predicted molar refractivity (Wildman–Crippen MR) is 58.8 cm³/mol. The topological polar surface area (TPSA) is 54.2 Å². The van der Waals surface area contributed by atoms with Crippen LogP contribution in [0.4, 0.5) is 13.2 Å². The first-order chi connectivity index (χ1) is 8.25. The minimum atomic E-state index is -4.59. The molecule has 1 atom stereocenters. The fourth-order valence-corrected chi connectivity index (χ4v) is 1.55. The summed E-state index contributed by atoms with van der Waals surface area (Å²) in [6, 6.07) is 0. The molecule has 1 unspecified atom stereocenters. The van der Waals surface area contributed by atoms with Gasteiger partial charge >= 0.3 is 6.18 Å². The van der Waals surface area contributed by atoms with Crippen LogP contribution < -0.4 is 0 Å². The fourth-order valence-electron chi connectivity index (χ4n) is 1.55. The molecule has 1 aromatic heterocycles. The van der Waals surface area contributed by atoms with E-state index in [2.05, 4.69) is 10.2 Å². The maximum Gasteiger partial charge on any atom is 0.415 e. The second kappa shape index (κ2) is 5.66. The molecule has 0 saturated heterocycles. The van der Waals surface area contributed by atoms with Gasteiger partial charge in [-0.2, -0.15) is 13.2 Å². The molecular weight excluding hydrogens is 249 g/mol. The van der Waals surface area contributed by atoms with Gasteiger partial charge in [-0.25, -0.2) is 0 Å². The SMILES string of the molecule is CCc1nnc(CN(C)CC(O)C(F)(F)F)n1C. The van der Waals surface area contributed by atoms with E-state index in [0.717, 1.165) is 5.82 Å². The molecule has 1 N–H and O–H groups in total. The summed E-state index contributed by atoms with van der Waals surface area (Å²) in [5.41, 5.74) is 0. The Kier molecular flexibility index (Phi) is 4.69. The lowest BCUT2D eigenvalue weighted by Gasteiger charge is -2.21. The summed E-state index contributed by atoms with van der Waals surface area (Å²) in [5, 5.41) is 16.8. The van der Waals surface area contributed by atoms with E-state index < -0.39 is 18.8 Å². The number of aliphatic hydroxyl groups is 1. The third-order valence-corrected chi connectivity index (χ3v) is 2.65. The number of likely N-dealkylation sites (N-methyl/N-ethyl adjacent to an activating group) is 1. The van der Waals surface area contributed by atoms with E-state index in [0.29, 0.717) is 12.2 Å². The molecule has 0 bridgehead atoms. The Labute approximate surface area is 103 Å². The van der Waals surface area contributed by atoms with Crippen molar-refractivity contribution in [1.29, 1.82) is 0 Å². The molecule has 8 heteroatoms. The van der Waals surface area contributed by atoms with E-state index in [1.807, 2.05) is 6.92 Å². The predicted octanol–water partition coefficient (Wildman–Crippen LogP) is 0.732. The van der Waals surface area contributed by atoms with Crippen molar-refractivity contribution >= 4 is 0 Å². The highest BCUT2D eigenvalue weighted by Gasteiger charge is 2.38. The average Bonchev–Trinajstić information content (AvgIpc) is 2.58. The maximum atomic E-state index is 12.2. The van der Waals surface area contributed by atoms with Crippen LogP contribution in [0.3, 0.4) is 0 Å². The lowest BCUT2D eigenvalue weighted by molar-refractivity contribution is -0.207. The number of nitrogens with zero attached hydrogens (tertiary/aromatic N) is 4. The van der Waals surface area contributed by atoms with Crippen LogP contribution in [0.5, 0.6) is 0 Å². The summed E-state index contributed by atoms with van der Waals surface area (Å²) in [4.78, 5) is 1.36. The second-order valence-electron chi connectivity index (χ2n) is 4.20. The molecule has 0 aliphatic carbocycles. The average molecular weight is 266 g/mol. The highest BCUT2D eigenvalue weighted by Crippen LogP contribution is 2.20. The van der Waals surface area contributed by atoms with E-state index in [9.17, 15) is 13.2 Å². The van der Waals surface area contributed by atoms with Gasteiger partial charge in [-0.05, 0) is 7.05 Å². The van der Waals surface area contributed by atoms with Gasteiger partial charge in [-0.15, -0.1) is 10.2 Å². The van der Waals surface area contributed by atoms with Crippen molar-refractivity contribution < 1.29 is 18.3 Å². The first kappa shape index (κ1) is 14.9. The standard InChI is InChI=1S/C10H17F3N4O/c1-4-8-14-15-9(17(8)3)6-16(2)5-7(18)10(11,12)13/h7,18H,4-6H2,1-3H3. The molecule has 1 aromatic rings. The van der Waals surface area contributed by atoms with Crippen LogP contribution in [0, 0.1) is 0 Å². The van der Waals surface area contributed by atoms with Crippen LogP contribution in [0.25, 0.3) is 0 Å². The van der Waals surface area contributed by atoms with Gasteiger partial charge in [0, 0.05) is 20.0 Å². The summed E-state index contributed by atoms with van der Waals surface area (Å²) < 4.78 is 38.3. The number of aliphatic hydroxyl groups excluding tert-OH is 1. The van der Waals surface area contributed by atoms with Crippen molar-refractivity contribution in [2.75, 3.05) is 13.6 Å². The maximum absolute atomic E-state index is 12.2. The number of rotatable bonds is 5. The summed E-state index contributed by atoms with van der Waals surface area (Å²) in [6.07, 6.45) is -6.23. The van der Waals surface area contributed by atoms with E-state index >= 15 is 0 Å². The van der Waals surface area contributed by atoms with Gasteiger partial charge in [0.2, 0.25) is 0 Å². The fraction of sp³-hybridized carbons (Fsp3) is 0.800. The van der Waals surface area contributed by atoms with Gasteiger partial charge in [0.05, 0.1) is 6.54 Å². The number of aromatic nitrogens is 3. The summed E-state index contributed by atoms with van der Waals surface area (Å²) in [7, 11) is 3.26. The molecule has 0 aromatic carbocycles. The highest BCUT2D eigenvalue weighted by atomic mass is 19.4. The zero-order valence-corrected chi connectivity index (χ0v) is 10.6. The Morgan fingerprint density at radius 2 is 1.89 bits per heavy atom. The van der Waals surface area contributed by atoms with Crippen molar-refractivity contribution in [3.8, 4) is 0 Å². The van der Waals surface area contributed by atoms with E-state index in [-0.39, 0.29) is 6.54 Å². The molecule has 0 aliphatic heterocycles. The Hall–Kier alpha value is -1.15. The van der Waals surface area contributed by atoms with E-state index in [1.54, 1.807) is 11.6 Å². The lowest BCUT2D eigenvalue weighted by Crippen LogP contribution is -2.39. The summed E-state index contributed by atoms with van der Waals surface area (Å²) in [5.74, 6) is 1.35. The molecule has 0 fully saturated rings. The van der Waals surface area contributed by atoms with Crippen LogP contribution in [0.15, 0.2) is 0 Å². The number of hydrogen-bond donors (Lipinski definition) is 1. The molecule has 104 valence electrons. The Morgan fingerprint density at radius 3 is 2.33 bits per heavy atom. The van der Waals surface area contributed by atoms with Gasteiger partial charge in [0.15, 0.2) is 6.10 Å². The molecular formula is C10H17F3N4O. The van der Waals surface area contributed by atoms with Gasteiger partial charge < -0.3 is 9.67 Å². The minimum absolute atomic E-state index is 0.205. The summed E-state index contributed by atoms with van der Waals surface area (Å²) in [6.45, 7) is 1.64. The normalized spacial score (nSPS) is 14.2. The molecule has 0 amide bonds. The van der Waals surface area contributed by atoms with Crippen molar-refractivity contribution in [2.45, 2.75) is 32.2 Å². The first-order valence-corrected chi connectivity index (χ1v) is 5.56. The van der Waals surface area contributed by atoms with Gasteiger partial charge in [0.1, 0.15) is 11.6 Å². The molecule has 1 rings (SSSR count). The zero-order chi connectivity index (χ0) is 13.9. The van der Waals surface area contributed by atoms with E-state index in [4.69, 9.17) is 5.11 Å². The van der Waals surface area contributed by atoms with Crippen LogP contribution in [0.1, 0.15) is 18.6 Å². The van der Waals surface area contributed by atoms with Crippen molar-refractivity contribution in [2.24, 2.45) is 7.05 Å². The molecule has 18 heavy (non-hydrogen) atoms. The molecule has 1 heterocycles. The number of hydrogen-bond acceptors (Lipinski definition) is 4. The molecule has 0 radical (unpaired) electrons. The highest BCUT2D eigenvalue weighted by molar-refractivity contribution is 4.94. The van der Waals surface area contributed by atoms with Gasteiger partial charge in [-0.1, -0.05) is 6.92 Å². The van der Waals surface area contributed by atoms with Crippen molar-refractivity contribution in [3.63, 3.8) is 0 Å². The lowest BCUT2D eigenvalue weighted by atomic mass is 10.3. The van der Waals surface area contributed by atoms with Crippen LogP contribution in [-0.4, -0.2) is 50.6 Å². The number of aryl methyl sites for hydroxylation is 1. The third kappa shape index (κ3) is 3.67. The summed E-state index contributed by atoms with van der Waals surface area (Å²) >= 11 is 0. The minimum Gasteiger partial charge on any atom is -0.382 e. The van der Waals surface area contributed by atoms with Crippen molar-refractivity contribution in [3.05, 3.63) is 11.6 Å². The van der Waals surface area contributed by atoms with Gasteiger partial charge in [0.25, 0.3) is 0 Å². The smallest absolute Gasteiger partial charge is 0.382 e. The third-order valence-electron chi connectivity index (χ3n) is 2.65. The second-order valence-corrected chi connectivity index (χ2v) is 4.20. The van der Waals surface area contributed by atoms with Gasteiger partial charge in [-0.3, -0.25) is 4.90 Å². The van der Waals surface area contributed by atoms with Crippen LogP contribution in [-0.2, 0) is 20.0 Å². The monoisotopic (exact) mass is 266 g/mol. The largest absolute Gasteiger partial charge is 0.415 e. The Morgan fingerprint density at radius 1 is 1.33 bits per heavy atom. The van der Waals surface area contributed by atoms with Crippen LogP contribution in [0.2, 0.25) is 0 Å². The zero-order valence-electron chi connectivity index (χ0n) is 10.6. The quantitative estimate of drug-likeness (QED) is 0.853. The molecule has 0 spiro atoms. The first-order valence-electron chi connectivity index (χ1n) is 5.56. The Balaban J connectivity index is 2.59. The Bertz CT molecular complexity index is 391. The number of alkyl halides is 3. The van der Waals surface area contributed by atoms with Crippen molar-refractivity contribution in [1.82, 2.24) is 19.7 Å². The van der Waals surface area contributed by atoms with E-state index in [1.165, 1.54) is 11.9 Å². The van der Waals surface area contributed by atoms with Crippen LogP contribution >= 0.6 is 0 Å². The molecule has 0 aliphatic rings. The molecule has 5 nitrogen and oxygen atoms in total.